The molecule has 0 unspecified atom stereocenters. The van der Waals surface area contributed by atoms with Crippen molar-refractivity contribution in [3.63, 3.8) is 0 Å². The summed E-state index contributed by atoms with van der Waals surface area (Å²) >= 11 is 0. The lowest BCUT2D eigenvalue weighted by atomic mass is 10.1. The predicted octanol–water partition coefficient (Wildman–Crippen LogP) is 1.07. The summed E-state index contributed by atoms with van der Waals surface area (Å²) in [5.74, 6) is 0. The van der Waals surface area contributed by atoms with Crippen molar-refractivity contribution < 1.29 is 0 Å². The summed E-state index contributed by atoms with van der Waals surface area (Å²) in [6.45, 7) is 0.757. The molecule has 0 fully saturated rings. The maximum atomic E-state index is 5.42. The molecule has 1 aliphatic heterocycles. The van der Waals surface area contributed by atoms with Gasteiger partial charge < -0.3 is 10.6 Å². The summed E-state index contributed by atoms with van der Waals surface area (Å²) in [4.78, 5) is 2.06. The molecule has 0 spiro atoms. The van der Waals surface area contributed by atoms with Crippen LogP contribution in [0.4, 0.5) is 0 Å². The summed E-state index contributed by atoms with van der Waals surface area (Å²) in [7, 11) is 2.03. The van der Waals surface area contributed by atoms with Crippen LogP contribution in [0.5, 0.6) is 0 Å². The van der Waals surface area contributed by atoms with E-state index in [0.717, 1.165) is 19.4 Å². The van der Waals surface area contributed by atoms with E-state index in [1.54, 1.807) is 0 Å². The van der Waals surface area contributed by atoms with Gasteiger partial charge in [0, 0.05) is 13.2 Å². The Morgan fingerprint density at radius 3 is 3.10 bits per heavy atom. The Bertz CT molecular complexity index is 159. The first-order valence-corrected chi connectivity index (χ1v) is 3.61. The molecule has 0 aromatic carbocycles. The highest BCUT2D eigenvalue weighted by molar-refractivity contribution is 5.12. The zero-order valence-corrected chi connectivity index (χ0v) is 6.38. The monoisotopic (exact) mass is 138 g/mol. The fraction of sp³-hybridized carbons (Fsp3) is 0.500. The Morgan fingerprint density at radius 2 is 2.50 bits per heavy atom. The van der Waals surface area contributed by atoms with Gasteiger partial charge in [-0.25, -0.2) is 0 Å². The molecule has 2 heteroatoms. The largest absolute Gasteiger partial charge is 0.358 e. The summed E-state index contributed by atoms with van der Waals surface area (Å²) in [6, 6.07) is 0. The van der Waals surface area contributed by atoms with E-state index in [2.05, 4.69) is 23.4 Å². The zero-order chi connectivity index (χ0) is 7.40. The second-order valence-electron chi connectivity index (χ2n) is 2.58. The molecule has 0 radical (unpaired) electrons. The quantitative estimate of drug-likeness (QED) is 0.618. The van der Waals surface area contributed by atoms with Crippen molar-refractivity contribution >= 4 is 0 Å². The fourth-order valence-corrected chi connectivity index (χ4v) is 1.11. The lowest BCUT2D eigenvalue weighted by molar-refractivity contribution is 0.596. The molecule has 0 saturated heterocycles. The van der Waals surface area contributed by atoms with Crippen molar-refractivity contribution in [1.82, 2.24) is 4.90 Å². The second-order valence-corrected chi connectivity index (χ2v) is 2.58. The summed E-state index contributed by atoms with van der Waals surface area (Å²) < 4.78 is 0. The van der Waals surface area contributed by atoms with E-state index in [-0.39, 0.29) is 0 Å². The topological polar surface area (TPSA) is 29.3 Å². The first-order chi connectivity index (χ1) is 4.83. The minimum Gasteiger partial charge on any atom is -0.358 e. The molecule has 1 aliphatic rings. The predicted molar refractivity (Wildman–Crippen MR) is 43.3 cm³/mol. The van der Waals surface area contributed by atoms with Crippen LogP contribution in [0.1, 0.15) is 12.8 Å². The summed E-state index contributed by atoms with van der Waals surface area (Å²) in [6.07, 6.45) is 8.47. The third kappa shape index (κ3) is 1.88. The third-order valence-corrected chi connectivity index (χ3v) is 1.57. The molecule has 0 aromatic rings. The van der Waals surface area contributed by atoms with Crippen molar-refractivity contribution in [1.29, 1.82) is 0 Å². The molecule has 0 bridgehead atoms. The fourth-order valence-electron chi connectivity index (χ4n) is 1.11. The molecule has 1 rings (SSSR count). The molecular weight excluding hydrogens is 124 g/mol. The highest BCUT2D eigenvalue weighted by Crippen LogP contribution is 2.12. The number of allylic oxidation sites excluding steroid dienone is 1. The minimum absolute atomic E-state index is 0.757. The van der Waals surface area contributed by atoms with E-state index in [1.807, 2.05) is 7.05 Å². The van der Waals surface area contributed by atoms with Crippen LogP contribution in [0.15, 0.2) is 24.0 Å². The van der Waals surface area contributed by atoms with Gasteiger partial charge in [-0.2, -0.15) is 0 Å². The SMILES string of the molecule is CN1C=CCC(CCN)=C1. The van der Waals surface area contributed by atoms with Gasteiger partial charge in [0.1, 0.15) is 0 Å². The van der Waals surface area contributed by atoms with Crippen LogP contribution < -0.4 is 5.73 Å². The minimum atomic E-state index is 0.757. The maximum absolute atomic E-state index is 5.42. The molecule has 10 heavy (non-hydrogen) atoms. The van der Waals surface area contributed by atoms with Crippen LogP contribution in [0, 0.1) is 0 Å². The van der Waals surface area contributed by atoms with Crippen molar-refractivity contribution in [2.45, 2.75) is 12.8 Å². The summed E-state index contributed by atoms with van der Waals surface area (Å²) in [5, 5.41) is 0. The van der Waals surface area contributed by atoms with Gasteiger partial charge in [0.15, 0.2) is 0 Å². The second kappa shape index (κ2) is 3.42. The van der Waals surface area contributed by atoms with Gasteiger partial charge in [-0.3, -0.25) is 0 Å². The number of hydrogen-bond donors (Lipinski definition) is 1. The summed E-state index contributed by atoms with van der Waals surface area (Å²) in [5.41, 5.74) is 6.84. The number of hydrogen-bond acceptors (Lipinski definition) is 2. The Morgan fingerprint density at radius 1 is 1.70 bits per heavy atom. The normalized spacial score (nSPS) is 17.4. The van der Waals surface area contributed by atoms with Gasteiger partial charge in [-0.15, -0.1) is 0 Å². The Balaban J connectivity index is 2.45. The average molecular weight is 138 g/mol. The van der Waals surface area contributed by atoms with E-state index in [4.69, 9.17) is 5.73 Å². The molecule has 0 aromatic heterocycles. The highest BCUT2D eigenvalue weighted by Gasteiger charge is 1.99. The van der Waals surface area contributed by atoms with Crippen LogP contribution in [-0.2, 0) is 0 Å². The van der Waals surface area contributed by atoms with Crippen LogP contribution in [-0.4, -0.2) is 18.5 Å². The van der Waals surface area contributed by atoms with Gasteiger partial charge >= 0.3 is 0 Å². The van der Waals surface area contributed by atoms with Crippen LogP contribution >= 0.6 is 0 Å². The van der Waals surface area contributed by atoms with Gasteiger partial charge in [0.2, 0.25) is 0 Å². The Hall–Kier alpha value is -0.760. The molecule has 2 N–H and O–H groups in total. The molecule has 2 nitrogen and oxygen atoms in total. The molecule has 0 atom stereocenters. The Labute approximate surface area is 62.0 Å². The number of nitrogens with zero attached hydrogens (tertiary/aromatic N) is 1. The number of rotatable bonds is 2. The van der Waals surface area contributed by atoms with E-state index in [0.29, 0.717) is 0 Å². The molecule has 1 heterocycles. The van der Waals surface area contributed by atoms with E-state index in [1.165, 1.54) is 5.57 Å². The van der Waals surface area contributed by atoms with E-state index >= 15 is 0 Å². The average Bonchev–Trinajstić information content (AvgIpc) is 1.88. The van der Waals surface area contributed by atoms with E-state index in [9.17, 15) is 0 Å². The smallest absolute Gasteiger partial charge is 0.0106 e. The first kappa shape index (κ1) is 7.35. The lowest BCUT2D eigenvalue weighted by Crippen LogP contribution is -2.08. The van der Waals surface area contributed by atoms with Crippen molar-refractivity contribution in [2.75, 3.05) is 13.6 Å². The van der Waals surface area contributed by atoms with Crippen LogP contribution in [0.3, 0.4) is 0 Å². The van der Waals surface area contributed by atoms with E-state index < -0.39 is 0 Å². The van der Waals surface area contributed by atoms with Gasteiger partial charge in [-0.1, -0.05) is 6.08 Å². The van der Waals surface area contributed by atoms with Crippen molar-refractivity contribution in [2.24, 2.45) is 5.73 Å². The third-order valence-electron chi connectivity index (χ3n) is 1.57. The molecular formula is C8H14N2. The lowest BCUT2D eigenvalue weighted by Gasteiger charge is -2.15. The molecule has 0 saturated carbocycles. The first-order valence-electron chi connectivity index (χ1n) is 3.61. The van der Waals surface area contributed by atoms with Crippen LogP contribution in [0.2, 0.25) is 0 Å². The van der Waals surface area contributed by atoms with Crippen molar-refractivity contribution in [3.8, 4) is 0 Å². The molecule has 0 aliphatic carbocycles. The maximum Gasteiger partial charge on any atom is 0.0106 e. The zero-order valence-electron chi connectivity index (χ0n) is 6.38. The van der Waals surface area contributed by atoms with Crippen molar-refractivity contribution in [3.05, 3.63) is 24.0 Å². The molecule has 56 valence electrons. The highest BCUT2D eigenvalue weighted by atomic mass is 15.1. The van der Waals surface area contributed by atoms with Crippen LogP contribution in [0.25, 0.3) is 0 Å². The van der Waals surface area contributed by atoms with Gasteiger partial charge in [-0.05, 0) is 31.2 Å². The van der Waals surface area contributed by atoms with Gasteiger partial charge in [0.05, 0.1) is 0 Å². The number of nitrogens with two attached hydrogens (primary N) is 1. The van der Waals surface area contributed by atoms with Gasteiger partial charge in [0.25, 0.3) is 0 Å². The Kier molecular flexibility index (Phi) is 2.51. The molecule has 0 amide bonds. The standard InChI is InChI=1S/C8H14N2/c1-10-6-2-3-8(7-10)4-5-9/h2,6-7H,3-5,9H2,1H3.